The number of aromatic nitrogens is 2. The first-order valence-corrected chi connectivity index (χ1v) is 5.72. The molecular weight excluding hydrogens is 271 g/mol. The number of ether oxygens (including phenoxy) is 1. The van der Waals surface area contributed by atoms with Gasteiger partial charge in [-0.2, -0.15) is 23.5 Å². The molecule has 0 unspecified atom stereocenters. The van der Waals surface area contributed by atoms with Crippen molar-refractivity contribution >= 4 is 0 Å². The maximum atomic E-state index is 12.3. The first kappa shape index (κ1) is 13.9. The van der Waals surface area contributed by atoms with E-state index in [1.807, 2.05) is 6.07 Å². The van der Waals surface area contributed by atoms with Gasteiger partial charge in [-0.15, -0.1) is 0 Å². The molecule has 0 fully saturated rings. The average Bonchev–Trinajstić information content (AvgIpc) is 2.88. The molecule has 0 saturated heterocycles. The van der Waals surface area contributed by atoms with Crippen LogP contribution in [-0.2, 0) is 12.7 Å². The van der Waals surface area contributed by atoms with Crippen LogP contribution in [0.25, 0.3) is 0 Å². The number of benzene rings is 1. The normalized spacial score (nSPS) is 11.1. The summed E-state index contributed by atoms with van der Waals surface area (Å²) >= 11 is 0. The lowest BCUT2D eigenvalue weighted by Gasteiger charge is -2.06. The minimum Gasteiger partial charge on any atom is -0.492 e. The van der Waals surface area contributed by atoms with Crippen LogP contribution in [0.2, 0.25) is 0 Å². The maximum absolute atomic E-state index is 12.3. The van der Waals surface area contributed by atoms with Crippen LogP contribution in [0.4, 0.5) is 13.2 Å². The van der Waals surface area contributed by atoms with Crippen molar-refractivity contribution in [3.8, 4) is 11.8 Å². The van der Waals surface area contributed by atoms with E-state index in [0.717, 1.165) is 10.7 Å². The Morgan fingerprint density at radius 1 is 1.30 bits per heavy atom. The lowest BCUT2D eigenvalue weighted by atomic mass is 10.2. The zero-order chi connectivity index (χ0) is 14.6. The molecule has 104 valence electrons. The second-order valence-corrected chi connectivity index (χ2v) is 3.95. The minimum atomic E-state index is -4.44. The zero-order valence-electron chi connectivity index (χ0n) is 10.3. The summed E-state index contributed by atoms with van der Waals surface area (Å²) in [6.07, 6.45) is -3.19. The van der Waals surface area contributed by atoms with Crippen molar-refractivity contribution in [2.75, 3.05) is 6.61 Å². The Bertz CT molecular complexity index is 628. The number of nitrogens with zero attached hydrogens (tertiary/aromatic N) is 3. The molecule has 0 spiro atoms. The molecule has 2 aromatic rings. The molecule has 4 nitrogen and oxygen atoms in total. The Kier molecular flexibility index (Phi) is 3.94. The standard InChI is InChI=1S/C13H10F3N3O/c14-13(15,16)12-4-5-19(18-12)6-7-20-11-3-1-2-10(8-11)9-17/h1-5,8H,6-7H2. The molecule has 1 heterocycles. The highest BCUT2D eigenvalue weighted by atomic mass is 19.4. The fourth-order valence-corrected chi connectivity index (χ4v) is 1.55. The summed E-state index contributed by atoms with van der Waals surface area (Å²) in [5.74, 6) is 0.493. The summed E-state index contributed by atoms with van der Waals surface area (Å²) in [6, 6.07) is 9.42. The highest BCUT2D eigenvalue weighted by molar-refractivity contribution is 5.36. The molecule has 7 heteroatoms. The highest BCUT2D eigenvalue weighted by Crippen LogP contribution is 2.27. The number of rotatable bonds is 4. The third kappa shape index (κ3) is 3.51. The fraction of sp³-hybridized carbons (Fsp3) is 0.231. The SMILES string of the molecule is N#Cc1cccc(OCCn2ccc(C(F)(F)F)n2)c1. The Hall–Kier alpha value is -2.49. The predicted octanol–water partition coefficient (Wildman–Crippen LogP) is 2.85. The molecule has 0 atom stereocenters. The molecule has 0 aliphatic rings. The van der Waals surface area contributed by atoms with Gasteiger partial charge in [0.25, 0.3) is 0 Å². The molecule has 0 bridgehead atoms. The van der Waals surface area contributed by atoms with Gasteiger partial charge in [0.2, 0.25) is 0 Å². The monoisotopic (exact) mass is 281 g/mol. The van der Waals surface area contributed by atoms with Crippen LogP contribution in [-0.4, -0.2) is 16.4 Å². The van der Waals surface area contributed by atoms with E-state index in [0.29, 0.717) is 11.3 Å². The molecule has 0 radical (unpaired) electrons. The second-order valence-electron chi connectivity index (χ2n) is 3.95. The van der Waals surface area contributed by atoms with E-state index in [1.165, 1.54) is 6.20 Å². The van der Waals surface area contributed by atoms with Crippen LogP contribution in [0.3, 0.4) is 0 Å². The van der Waals surface area contributed by atoms with Gasteiger partial charge < -0.3 is 4.74 Å². The van der Waals surface area contributed by atoms with Crippen LogP contribution in [0.15, 0.2) is 36.5 Å². The summed E-state index contributed by atoms with van der Waals surface area (Å²) in [4.78, 5) is 0. The van der Waals surface area contributed by atoms with Gasteiger partial charge in [-0.1, -0.05) is 6.07 Å². The third-order valence-electron chi connectivity index (χ3n) is 2.48. The Balaban J connectivity index is 1.90. The quantitative estimate of drug-likeness (QED) is 0.865. The van der Waals surface area contributed by atoms with Crippen molar-refractivity contribution in [1.82, 2.24) is 9.78 Å². The minimum absolute atomic E-state index is 0.161. The summed E-state index contributed by atoms with van der Waals surface area (Å²) < 4.78 is 43.5. The van der Waals surface area contributed by atoms with E-state index in [-0.39, 0.29) is 13.2 Å². The molecule has 1 aromatic heterocycles. The van der Waals surface area contributed by atoms with Gasteiger partial charge in [0, 0.05) is 6.20 Å². The van der Waals surface area contributed by atoms with Gasteiger partial charge in [0.05, 0.1) is 18.2 Å². The van der Waals surface area contributed by atoms with Crippen molar-refractivity contribution in [2.24, 2.45) is 0 Å². The number of hydrogen-bond donors (Lipinski definition) is 0. The lowest BCUT2D eigenvalue weighted by Crippen LogP contribution is -2.11. The molecule has 1 aromatic carbocycles. The highest BCUT2D eigenvalue weighted by Gasteiger charge is 2.33. The zero-order valence-corrected chi connectivity index (χ0v) is 10.3. The van der Waals surface area contributed by atoms with Crippen molar-refractivity contribution < 1.29 is 17.9 Å². The van der Waals surface area contributed by atoms with E-state index < -0.39 is 11.9 Å². The number of hydrogen-bond acceptors (Lipinski definition) is 3. The van der Waals surface area contributed by atoms with E-state index in [1.54, 1.807) is 24.3 Å². The van der Waals surface area contributed by atoms with Crippen LogP contribution >= 0.6 is 0 Å². The Morgan fingerprint density at radius 2 is 2.10 bits per heavy atom. The van der Waals surface area contributed by atoms with Crippen LogP contribution < -0.4 is 4.74 Å². The van der Waals surface area contributed by atoms with Crippen LogP contribution in [0, 0.1) is 11.3 Å². The largest absolute Gasteiger partial charge is 0.492 e. The molecule has 0 N–H and O–H groups in total. The first-order chi connectivity index (χ1) is 9.49. The van der Waals surface area contributed by atoms with Crippen LogP contribution in [0.1, 0.15) is 11.3 Å². The number of alkyl halides is 3. The maximum Gasteiger partial charge on any atom is 0.435 e. The van der Waals surface area contributed by atoms with Crippen molar-refractivity contribution in [1.29, 1.82) is 5.26 Å². The first-order valence-electron chi connectivity index (χ1n) is 5.72. The van der Waals surface area contributed by atoms with Crippen molar-refractivity contribution in [3.05, 3.63) is 47.8 Å². The fourth-order valence-electron chi connectivity index (χ4n) is 1.55. The van der Waals surface area contributed by atoms with Crippen molar-refractivity contribution in [3.63, 3.8) is 0 Å². The molecular formula is C13H10F3N3O. The van der Waals surface area contributed by atoms with Gasteiger partial charge in [-0.3, -0.25) is 4.68 Å². The van der Waals surface area contributed by atoms with E-state index in [2.05, 4.69) is 5.10 Å². The molecule has 0 amide bonds. The Morgan fingerprint density at radius 3 is 2.75 bits per heavy atom. The summed E-state index contributed by atoms with van der Waals surface area (Å²) in [7, 11) is 0. The summed E-state index contributed by atoms with van der Waals surface area (Å²) in [6.45, 7) is 0.348. The third-order valence-corrected chi connectivity index (χ3v) is 2.48. The second kappa shape index (κ2) is 5.65. The molecule has 20 heavy (non-hydrogen) atoms. The van der Waals surface area contributed by atoms with Gasteiger partial charge in [-0.25, -0.2) is 0 Å². The number of halogens is 3. The Labute approximate surface area is 113 Å². The predicted molar refractivity (Wildman–Crippen MR) is 63.9 cm³/mol. The van der Waals surface area contributed by atoms with E-state index in [9.17, 15) is 13.2 Å². The van der Waals surface area contributed by atoms with E-state index in [4.69, 9.17) is 10.00 Å². The van der Waals surface area contributed by atoms with Crippen molar-refractivity contribution in [2.45, 2.75) is 12.7 Å². The average molecular weight is 281 g/mol. The van der Waals surface area contributed by atoms with Gasteiger partial charge in [0.1, 0.15) is 12.4 Å². The summed E-state index contributed by atoms with van der Waals surface area (Å²) in [5.41, 5.74) is -0.468. The van der Waals surface area contributed by atoms with Crippen LogP contribution in [0.5, 0.6) is 5.75 Å². The molecule has 0 saturated carbocycles. The smallest absolute Gasteiger partial charge is 0.435 e. The summed E-state index contributed by atoms with van der Waals surface area (Å²) in [5, 5.41) is 12.1. The molecule has 2 rings (SSSR count). The van der Waals surface area contributed by atoms with E-state index >= 15 is 0 Å². The molecule has 0 aliphatic carbocycles. The van der Waals surface area contributed by atoms with Gasteiger partial charge >= 0.3 is 6.18 Å². The number of nitriles is 1. The van der Waals surface area contributed by atoms with Gasteiger partial charge in [-0.05, 0) is 24.3 Å². The lowest BCUT2D eigenvalue weighted by molar-refractivity contribution is -0.141. The molecule has 0 aliphatic heterocycles. The topological polar surface area (TPSA) is 50.8 Å². The van der Waals surface area contributed by atoms with Gasteiger partial charge in [0.15, 0.2) is 5.69 Å².